The van der Waals surface area contributed by atoms with Gasteiger partial charge in [0.15, 0.2) is 0 Å². The Morgan fingerprint density at radius 3 is 2.46 bits per heavy atom. The van der Waals surface area contributed by atoms with Crippen LogP contribution in [0.5, 0.6) is 5.75 Å². The number of carboxylic acid groups (broad SMARTS) is 1. The zero-order chi connectivity index (χ0) is 19.1. The van der Waals surface area contributed by atoms with Gasteiger partial charge in [0.1, 0.15) is 17.4 Å². The number of carbonyl (C=O) groups excluding carboxylic acids is 2. The second kappa shape index (κ2) is 8.49. The van der Waals surface area contributed by atoms with Gasteiger partial charge in [-0.25, -0.2) is 0 Å². The van der Waals surface area contributed by atoms with E-state index in [1.165, 1.54) is 25.3 Å². The summed E-state index contributed by atoms with van der Waals surface area (Å²) in [5.74, 6) is -1.85. The molecule has 0 fully saturated rings. The fourth-order valence-corrected chi connectivity index (χ4v) is 2.31. The van der Waals surface area contributed by atoms with E-state index in [0.29, 0.717) is 11.3 Å². The highest BCUT2D eigenvalue weighted by molar-refractivity contribution is 6.09. The molecule has 0 aromatic heterocycles. The highest BCUT2D eigenvalue weighted by atomic mass is 16.5. The molecule has 2 rings (SSSR count). The summed E-state index contributed by atoms with van der Waals surface area (Å²) < 4.78 is 4.95. The quantitative estimate of drug-likeness (QED) is 0.636. The molecule has 0 saturated carbocycles. The van der Waals surface area contributed by atoms with Crippen molar-refractivity contribution in [2.75, 3.05) is 12.4 Å². The van der Waals surface area contributed by atoms with Crippen LogP contribution in [0.25, 0.3) is 6.08 Å². The lowest BCUT2D eigenvalue weighted by molar-refractivity contribution is -0.255. The van der Waals surface area contributed by atoms with Gasteiger partial charge in [-0.15, -0.1) is 0 Å². The van der Waals surface area contributed by atoms with Crippen molar-refractivity contribution in [2.24, 2.45) is 0 Å². The summed E-state index contributed by atoms with van der Waals surface area (Å²) in [5, 5.41) is 23.1. The Hall–Kier alpha value is -3.59. The minimum Gasteiger partial charge on any atom is -0.545 e. The Morgan fingerprint density at radius 2 is 1.92 bits per heavy atom. The molecule has 2 aromatic carbocycles. The minimum atomic E-state index is -1.41. The fraction of sp³-hybridized carbons (Fsp3) is 0.150. The first-order chi connectivity index (χ1) is 12.5. The van der Waals surface area contributed by atoms with Crippen LogP contribution in [0.4, 0.5) is 5.69 Å². The maximum absolute atomic E-state index is 12.3. The number of carbonyl (C=O) groups is 2. The second-order valence-electron chi connectivity index (χ2n) is 5.42. The molecular weight excluding hydrogens is 332 g/mol. The van der Waals surface area contributed by atoms with Crippen LogP contribution in [0, 0.1) is 11.3 Å². The lowest BCUT2D eigenvalue weighted by atomic mass is 10.1. The topological polar surface area (TPSA) is 102 Å². The number of methoxy groups -OCH3 is 1. The standard InChI is InChI=1S/C20H18N2O4/c1-3-13-4-7-16(8-5-13)22-19(23)15(12-21)10-14-6-9-18(26-2)17(11-14)20(24)25/h4-11H,3H2,1-2H3,(H,22,23)(H,24,25)/p-1/b15-10-. The van der Waals surface area contributed by atoms with Gasteiger partial charge in [0, 0.05) is 11.3 Å². The van der Waals surface area contributed by atoms with Gasteiger partial charge in [0.05, 0.1) is 13.1 Å². The zero-order valence-corrected chi connectivity index (χ0v) is 14.4. The lowest BCUT2D eigenvalue weighted by Crippen LogP contribution is -2.23. The molecule has 0 atom stereocenters. The first-order valence-electron chi connectivity index (χ1n) is 7.90. The third kappa shape index (κ3) is 4.48. The number of ether oxygens (including phenoxy) is 1. The fourth-order valence-electron chi connectivity index (χ4n) is 2.31. The maximum Gasteiger partial charge on any atom is 0.266 e. The summed E-state index contributed by atoms with van der Waals surface area (Å²) >= 11 is 0. The Labute approximate surface area is 151 Å². The molecule has 0 bridgehead atoms. The number of hydrogen-bond acceptors (Lipinski definition) is 5. The summed E-state index contributed by atoms with van der Waals surface area (Å²) in [6.07, 6.45) is 2.19. The highest BCUT2D eigenvalue weighted by Gasteiger charge is 2.11. The number of aryl methyl sites for hydroxylation is 1. The van der Waals surface area contributed by atoms with Crippen LogP contribution < -0.4 is 15.2 Å². The Morgan fingerprint density at radius 1 is 1.23 bits per heavy atom. The predicted molar refractivity (Wildman–Crippen MR) is 95.4 cm³/mol. The van der Waals surface area contributed by atoms with Crippen LogP contribution in [-0.4, -0.2) is 19.0 Å². The molecule has 0 radical (unpaired) electrons. The van der Waals surface area contributed by atoms with Crippen LogP contribution in [0.2, 0.25) is 0 Å². The van der Waals surface area contributed by atoms with Crippen molar-refractivity contribution in [2.45, 2.75) is 13.3 Å². The summed E-state index contributed by atoms with van der Waals surface area (Å²) in [7, 11) is 1.34. The largest absolute Gasteiger partial charge is 0.545 e. The number of amides is 1. The Balaban J connectivity index is 2.26. The molecule has 132 valence electrons. The smallest absolute Gasteiger partial charge is 0.266 e. The van der Waals surface area contributed by atoms with Crippen molar-refractivity contribution < 1.29 is 19.4 Å². The molecule has 0 spiro atoms. The van der Waals surface area contributed by atoms with Crippen molar-refractivity contribution >= 4 is 23.6 Å². The number of carboxylic acids is 1. The highest BCUT2D eigenvalue weighted by Crippen LogP contribution is 2.21. The number of anilines is 1. The van der Waals surface area contributed by atoms with E-state index in [0.717, 1.165) is 12.0 Å². The Kier molecular flexibility index (Phi) is 6.12. The van der Waals surface area contributed by atoms with Crippen LogP contribution in [0.3, 0.4) is 0 Å². The number of nitrogens with zero attached hydrogens (tertiary/aromatic N) is 1. The van der Waals surface area contributed by atoms with E-state index in [4.69, 9.17) is 4.74 Å². The van der Waals surface area contributed by atoms with Crippen LogP contribution in [-0.2, 0) is 11.2 Å². The molecule has 6 nitrogen and oxygen atoms in total. The molecule has 26 heavy (non-hydrogen) atoms. The SMILES string of the molecule is CCc1ccc(NC(=O)/C(C#N)=C\c2ccc(OC)c(C(=O)[O-])c2)cc1. The molecule has 1 N–H and O–H groups in total. The van der Waals surface area contributed by atoms with Gasteiger partial charge >= 0.3 is 0 Å². The third-order valence-corrected chi connectivity index (χ3v) is 3.74. The molecule has 0 aliphatic heterocycles. The minimum absolute atomic E-state index is 0.140. The number of nitrogens with one attached hydrogen (secondary N) is 1. The van der Waals surface area contributed by atoms with Gasteiger partial charge in [0.25, 0.3) is 5.91 Å². The van der Waals surface area contributed by atoms with Crippen LogP contribution >= 0.6 is 0 Å². The molecule has 0 aliphatic carbocycles. The average Bonchev–Trinajstić information content (AvgIpc) is 2.66. The first kappa shape index (κ1) is 18.7. The summed E-state index contributed by atoms with van der Waals surface area (Å²) in [5.41, 5.74) is 1.76. The molecular formula is C20H17N2O4-. The van der Waals surface area contributed by atoms with Crippen LogP contribution in [0.15, 0.2) is 48.0 Å². The summed E-state index contributed by atoms with van der Waals surface area (Å²) in [6.45, 7) is 2.03. The van der Waals surface area contributed by atoms with E-state index >= 15 is 0 Å². The van der Waals surface area contributed by atoms with E-state index in [1.807, 2.05) is 25.1 Å². The van der Waals surface area contributed by atoms with E-state index in [-0.39, 0.29) is 16.9 Å². The van der Waals surface area contributed by atoms with Gasteiger partial charge in [-0.2, -0.15) is 5.26 Å². The van der Waals surface area contributed by atoms with Gasteiger partial charge in [0.2, 0.25) is 0 Å². The molecule has 0 saturated heterocycles. The maximum atomic E-state index is 12.3. The summed E-state index contributed by atoms with van der Waals surface area (Å²) in [4.78, 5) is 23.4. The lowest BCUT2D eigenvalue weighted by Gasteiger charge is -2.10. The van der Waals surface area contributed by atoms with E-state index < -0.39 is 11.9 Å². The second-order valence-corrected chi connectivity index (χ2v) is 5.42. The molecule has 0 aliphatic rings. The predicted octanol–water partition coefficient (Wildman–Crippen LogP) is 2.17. The molecule has 0 heterocycles. The molecule has 2 aromatic rings. The molecule has 6 heteroatoms. The number of benzene rings is 2. The van der Waals surface area contributed by atoms with E-state index in [9.17, 15) is 20.0 Å². The van der Waals surface area contributed by atoms with E-state index in [2.05, 4.69) is 5.32 Å². The molecule has 1 amide bonds. The van der Waals surface area contributed by atoms with Gasteiger partial charge < -0.3 is 20.0 Å². The van der Waals surface area contributed by atoms with Gasteiger partial charge in [-0.1, -0.05) is 25.1 Å². The van der Waals surface area contributed by atoms with Crippen molar-refractivity contribution in [1.29, 1.82) is 5.26 Å². The number of hydrogen-bond donors (Lipinski definition) is 1. The summed E-state index contributed by atoms with van der Waals surface area (Å²) in [6, 6.07) is 13.4. The first-order valence-corrected chi connectivity index (χ1v) is 7.90. The number of nitriles is 1. The normalized spacial score (nSPS) is 10.7. The van der Waals surface area contributed by atoms with Gasteiger partial charge in [-0.3, -0.25) is 4.79 Å². The number of aromatic carboxylic acids is 1. The number of rotatable bonds is 6. The Bertz CT molecular complexity index is 893. The van der Waals surface area contributed by atoms with Crippen molar-refractivity contribution in [3.8, 4) is 11.8 Å². The van der Waals surface area contributed by atoms with Crippen molar-refractivity contribution in [3.05, 3.63) is 64.7 Å². The van der Waals surface area contributed by atoms with Crippen molar-refractivity contribution in [3.63, 3.8) is 0 Å². The van der Waals surface area contributed by atoms with Gasteiger partial charge in [-0.05, 0) is 47.9 Å². The molecule has 0 unspecified atom stereocenters. The van der Waals surface area contributed by atoms with Crippen molar-refractivity contribution in [1.82, 2.24) is 0 Å². The van der Waals surface area contributed by atoms with Crippen LogP contribution in [0.1, 0.15) is 28.4 Å². The zero-order valence-electron chi connectivity index (χ0n) is 14.4. The van der Waals surface area contributed by atoms with E-state index in [1.54, 1.807) is 18.2 Å². The monoisotopic (exact) mass is 349 g/mol. The third-order valence-electron chi connectivity index (χ3n) is 3.74. The average molecular weight is 349 g/mol.